The van der Waals surface area contributed by atoms with Crippen molar-refractivity contribution < 1.29 is 9.47 Å². The molecule has 0 unspecified atom stereocenters. The van der Waals surface area contributed by atoms with E-state index < -0.39 is 0 Å². The van der Waals surface area contributed by atoms with E-state index in [-0.39, 0.29) is 0 Å². The number of hydrogen-bond donors (Lipinski definition) is 2. The molecule has 1 saturated heterocycles. The first-order valence-electron chi connectivity index (χ1n) is 11.9. The van der Waals surface area contributed by atoms with Gasteiger partial charge in [0.1, 0.15) is 11.6 Å². The highest BCUT2D eigenvalue weighted by Gasteiger charge is 2.18. The maximum Gasteiger partial charge on any atom is 0.126 e. The lowest BCUT2D eigenvalue weighted by molar-refractivity contribution is 0.0699. The molecule has 0 amide bonds. The van der Waals surface area contributed by atoms with Gasteiger partial charge >= 0.3 is 0 Å². The molecule has 2 aliphatic rings. The van der Waals surface area contributed by atoms with Crippen LogP contribution in [0.1, 0.15) is 38.5 Å². The molecule has 4 rings (SSSR count). The Morgan fingerprint density at radius 1 is 1.12 bits per heavy atom. The van der Waals surface area contributed by atoms with Gasteiger partial charge in [0.25, 0.3) is 0 Å². The van der Waals surface area contributed by atoms with Crippen molar-refractivity contribution in [1.82, 2.24) is 9.97 Å². The van der Waals surface area contributed by atoms with Crippen molar-refractivity contribution >= 4 is 28.9 Å². The van der Waals surface area contributed by atoms with Gasteiger partial charge in [0.05, 0.1) is 23.9 Å². The van der Waals surface area contributed by atoms with Gasteiger partial charge in [-0.25, -0.2) is 9.97 Å². The van der Waals surface area contributed by atoms with Crippen LogP contribution in [0.5, 0.6) is 0 Å². The van der Waals surface area contributed by atoms with Crippen LogP contribution in [-0.2, 0) is 9.47 Å². The lowest BCUT2D eigenvalue weighted by atomic mass is 9.93. The average Bonchev–Trinajstić information content (AvgIpc) is 2.85. The number of pyridine rings is 2. The first-order valence-corrected chi connectivity index (χ1v) is 12.3. The Bertz CT molecular complexity index is 923. The molecule has 1 aliphatic heterocycles. The van der Waals surface area contributed by atoms with Crippen LogP contribution in [-0.4, -0.2) is 61.7 Å². The highest BCUT2D eigenvalue weighted by atomic mass is 35.5. The molecule has 3 heterocycles. The summed E-state index contributed by atoms with van der Waals surface area (Å²) >= 11 is 6.52. The monoisotopic (exact) mass is 471 g/mol. The Kier molecular flexibility index (Phi) is 8.92. The minimum absolute atomic E-state index is 0.394. The molecule has 0 atom stereocenters. The third-order valence-electron chi connectivity index (χ3n) is 6.34. The molecule has 33 heavy (non-hydrogen) atoms. The van der Waals surface area contributed by atoms with Crippen LogP contribution in [0.3, 0.4) is 0 Å². The summed E-state index contributed by atoms with van der Waals surface area (Å²) in [5, 5.41) is 7.71. The Morgan fingerprint density at radius 3 is 2.73 bits per heavy atom. The number of anilines is 2. The molecule has 178 valence electrons. The summed E-state index contributed by atoms with van der Waals surface area (Å²) in [7, 11) is 1.71. The zero-order valence-corrected chi connectivity index (χ0v) is 20.1. The molecule has 0 spiro atoms. The van der Waals surface area contributed by atoms with Crippen LogP contribution in [0.2, 0.25) is 5.02 Å². The second-order valence-corrected chi connectivity index (χ2v) is 9.16. The lowest BCUT2D eigenvalue weighted by Crippen LogP contribution is -2.26. The van der Waals surface area contributed by atoms with Gasteiger partial charge in [-0.3, -0.25) is 4.99 Å². The third kappa shape index (κ3) is 7.13. The number of methoxy groups -OCH3 is 1. The predicted molar refractivity (Wildman–Crippen MR) is 135 cm³/mol. The highest BCUT2D eigenvalue weighted by molar-refractivity contribution is 6.33. The number of halogens is 1. The average molecular weight is 472 g/mol. The zero-order chi connectivity index (χ0) is 22.9. The molecule has 0 aromatic carbocycles. The summed E-state index contributed by atoms with van der Waals surface area (Å²) in [6.07, 6.45) is 8.16. The first-order chi connectivity index (χ1) is 16.2. The van der Waals surface area contributed by atoms with Gasteiger partial charge in [-0.1, -0.05) is 11.6 Å². The number of nitrogens with one attached hydrogen (secondary N) is 2. The van der Waals surface area contributed by atoms with E-state index in [9.17, 15) is 0 Å². The van der Waals surface area contributed by atoms with Crippen LogP contribution >= 0.6 is 11.6 Å². The Hall–Kier alpha value is -2.22. The first kappa shape index (κ1) is 23.9. The minimum Gasteiger partial charge on any atom is -0.383 e. The summed E-state index contributed by atoms with van der Waals surface area (Å²) in [4.78, 5) is 14.0. The number of hydrogen-bond acceptors (Lipinski definition) is 7. The fourth-order valence-corrected chi connectivity index (χ4v) is 4.57. The summed E-state index contributed by atoms with van der Waals surface area (Å²) in [6, 6.07) is 8.25. The fourth-order valence-electron chi connectivity index (χ4n) is 4.36. The van der Waals surface area contributed by atoms with E-state index in [2.05, 4.69) is 20.6 Å². The lowest BCUT2D eigenvalue weighted by Gasteiger charge is -2.25. The SMILES string of the molecule is COCCN=C1CCC(Nc2cc(-c3nc(NCC4CCOCC4)ccc3Cl)ccn2)CC1. The Morgan fingerprint density at radius 2 is 1.94 bits per heavy atom. The highest BCUT2D eigenvalue weighted by Crippen LogP contribution is 2.29. The number of ether oxygens (including phenoxy) is 2. The molecule has 2 aromatic heterocycles. The summed E-state index contributed by atoms with van der Waals surface area (Å²) in [6.45, 7) is 4.04. The van der Waals surface area contributed by atoms with Crippen molar-refractivity contribution in [1.29, 1.82) is 0 Å². The fraction of sp³-hybridized carbons (Fsp3) is 0.560. The van der Waals surface area contributed by atoms with Gasteiger partial charge in [-0.2, -0.15) is 0 Å². The van der Waals surface area contributed by atoms with E-state index in [1.807, 2.05) is 30.5 Å². The molecule has 8 heteroatoms. The molecule has 0 bridgehead atoms. The van der Waals surface area contributed by atoms with Crippen molar-refractivity contribution in [2.75, 3.05) is 50.7 Å². The van der Waals surface area contributed by atoms with Crippen molar-refractivity contribution in [2.45, 2.75) is 44.6 Å². The molecule has 1 aliphatic carbocycles. The standard InChI is InChI=1S/C25H34ClN5O2/c1-32-15-12-27-20-2-4-21(5-3-20)30-24-16-19(8-11-28-24)25-22(26)6-7-23(31-25)29-17-18-9-13-33-14-10-18/h6-8,11,16,18,21H,2-5,9-10,12-15,17H2,1H3,(H,28,30)(H,29,31). The summed E-state index contributed by atoms with van der Waals surface area (Å²) < 4.78 is 10.5. The topological polar surface area (TPSA) is 80.7 Å². The smallest absolute Gasteiger partial charge is 0.126 e. The maximum absolute atomic E-state index is 6.52. The minimum atomic E-state index is 0.394. The molecule has 0 radical (unpaired) electrons. The van der Waals surface area contributed by atoms with E-state index in [0.717, 1.165) is 87.7 Å². The van der Waals surface area contributed by atoms with E-state index in [4.69, 9.17) is 26.1 Å². The van der Waals surface area contributed by atoms with Gasteiger partial charge in [0.2, 0.25) is 0 Å². The normalized spacial score (nSPS) is 19.3. The van der Waals surface area contributed by atoms with Crippen molar-refractivity contribution in [3.8, 4) is 11.3 Å². The number of rotatable bonds is 9. The predicted octanol–water partition coefficient (Wildman–Crippen LogP) is 5.08. The van der Waals surface area contributed by atoms with Crippen molar-refractivity contribution in [2.24, 2.45) is 10.9 Å². The van der Waals surface area contributed by atoms with Gasteiger partial charge < -0.3 is 20.1 Å². The molecule has 1 saturated carbocycles. The van der Waals surface area contributed by atoms with E-state index in [1.165, 1.54) is 5.71 Å². The molecular weight excluding hydrogens is 438 g/mol. The van der Waals surface area contributed by atoms with Crippen molar-refractivity contribution in [3.05, 3.63) is 35.5 Å². The van der Waals surface area contributed by atoms with Gasteiger partial charge in [-0.05, 0) is 68.7 Å². The number of aliphatic imine (C=N–C) groups is 1. The zero-order valence-electron chi connectivity index (χ0n) is 19.4. The third-order valence-corrected chi connectivity index (χ3v) is 6.64. The van der Waals surface area contributed by atoms with E-state index in [0.29, 0.717) is 23.6 Å². The molecule has 2 fully saturated rings. The second kappa shape index (κ2) is 12.3. The summed E-state index contributed by atoms with van der Waals surface area (Å²) in [5.41, 5.74) is 3.04. The van der Waals surface area contributed by atoms with Gasteiger partial charge in [-0.15, -0.1) is 0 Å². The van der Waals surface area contributed by atoms with Crippen LogP contribution in [0.4, 0.5) is 11.6 Å². The van der Waals surface area contributed by atoms with Gasteiger partial charge in [0, 0.05) is 50.4 Å². The number of nitrogens with zero attached hydrogens (tertiary/aromatic N) is 3. The molecule has 7 nitrogen and oxygen atoms in total. The van der Waals surface area contributed by atoms with E-state index >= 15 is 0 Å². The van der Waals surface area contributed by atoms with Crippen LogP contribution in [0.25, 0.3) is 11.3 Å². The summed E-state index contributed by atoms with van der Waals surface area (Å²) in [5.74, 6) is 2.33. The second-order valence-electron chi connectivity index (χ2n) is 8.75. The molecule has 2 N–H and O–H groups in total. The molecular formula is C25H34ClN5O2. The largest absolute Gasteiger partial charge is 0.383 e. The van der Waals surface area contributed by atoms with Crippen LogP contribution in [0.15, 0.2) is 35.5 Å². The Labute approximate surface area is 201 Å². The van der Waals surface area contributed by atoms with Crippen LogP contribution in [0, 0.1) is 5.92 Å². The van der Waals surface area contributed by atoms with E-state index in [1.54, 1.807) is 7.11 Å². The van der Waals surface area contributed by atoms with Gasteiger partial charge in [0.15, 0.2) is 0 Å². The van der Waals surface area contributed by atoms with Crippen LogP contribution < -0.4 is 10.6 Å². The quantitative estimate of drug-likeness (QED) is 0.496. The maximum atomic E-state index is 6.52. The van der Waals surface area contributed by atoms with Crippen molar-refractivity contribution in [3.63, 3.8) is 0 Å². The number of aromatic nitrogens is 2. The molecule has 2 aromatic rings. The Balaban J connectivity index is 1.36.